The molecule has 2 aromatic rings. The number of nitrogens with one attached hydrogen (secondary N) is 1. The van der Waals surface area contributed by atoms with Gasteiger partial charge in [-0.15, -0.1) is 11.8 Å². The topological polar surface area (TPSA) is 58.6 Å². The summed E-state index contributed by atoms with van der Waals surface area (Å²) < 4.78 is 5.50. The Labute approximate surface area is 183 Å². The maximum atomic E-state index is 12.9. The molecule has 0 saturated carbocycles. The van der Waals surface area contributed by atoms with Crippen LogP contribution in [0.2, 0.25) is 0 Å². The first-order valence-corrected chi connectivity index (χ1v) is 11.6. The van der Waals surface area contributed by atoms with E-state index in [1.54, 1.807) is 23.8 Å². The first-order chi connectivity index (χ1) is 14.6. The third-order valence-electron chi connectivity index (χ3n) is 5.47. The zero-order chi connectivity index (χ0) is 21.5. The largest absolute Gasteiger partial charge is 0.495 e. The first-order valence-electron chi connectivity index (χ1n) is 10.6. The van der Waals surface area contributed by atoms with Crippen molar-refractivity contribution in [1.82, 2.24) is 0 Å². The van der Waals surface area contributed by atoms with Gasteiger partial charge in [0.25, 0.3) is 0 Å². The monoisotopic (exact) mass is 426 g/mol. The van der Waals surface area contributed by atoms with E-state index in [9.17, 15) is 9.59 Å². The number of unbranched alkanes of at least 4 members (excludes halogenated alkanes) is 1. The van der Waals surface area contributed by atoms with E-state index in [1.165, 1.54) is 0 Å². The van der Waals surface area contributed by atoms with E-state index in [1.807, 2.05) is 48.5 Å². The van der Waals surface area contributed by atoms with Crippen molar-refractivity contribution in [3.8, 4) is 5.75 Å². The number of benzene rings is 2. The Kier molecular flexibility index (Phi) is 7.80. The quantitative estimate of drug-likeness (QED) is 0.565. The maximum absolute atomic E-state index is 12.9. The second-order valence-electron chi connectivity index (χ2n) is 7.42. The van der Waals surface area contributed by atoms with Crippen molar-refractivity contribution in [3.05, 3.63) is 54.1 Å². The van der Waals surface area contributed by atoms with Crippen molar-refractivity contribution >= 4 is 35.0 Å². The standard InChI is InChI=1S/C24H30N2O3S/c1-4-6-11-17(5-2)23(28)25-19-13-8-7-12-18(19)24-26(22(27)16-30-24)20-14-9-10-15-21(20)29-3/h7-10,12-15,17,24H,4-6,11,16H2,1-3H3,(H,25,28)/t17-,24-/m1/s1. The molecule has 1 saturated heterocycles. The molecule has 1 fully saturated rings. The van der Waals surface area contributed by atoms with Crippen LogP contribution in [-0.4, -0.2) is 24.7 Å². The molecule has 1 heterocycles. The molecular weight excluding hydrogens is 396 g/mol. The molecular formula is C24H30N2O3S. The molecule has 30 heavy (non-hydrogen) atoms. The van der Waals surface area contributed by atoms with Crippen molar-refractivity contribution in [1.29, 1.82) is 0 Å². The Morgan fingerprint density at radius 3 is 2.67 bits per heavy atom. The van der Waals surface area contributed by atoms with Crippen molar-refractivity contribution in [2.45, 2.75) is 44.9 Å². The van der Waals surface area contributed by atoms with Crippen LogP contribution < -0.4 is 15.0 Å². The Balaban J connectivity index is 1.90. The van der Waals surface area contributed by atoms with Crippen LogP contribution in [0.4, 0.5) is 11.4 Å². The third-order valence-corrected chi connectivity index (χ3v) is 6.66. The van der Waals surface area contributed by atoms with Crippen LogP contribution in [0, 0.1) is 5.92 Å². The van der Waals surface area contributed by atoms with E-state index in [0.717, 1.165) is 42.6 Å². The normalized spacial score (nSPS) is 17.1. The maximum Gasteiger partial charge on any atom is 0.238 e. The number of hydrogen-bond donors (Lipinski definition) is 1. The summed E-state index contributed by atoms with van der Waals surface area (Å²) in [7, 11) is 1.61. The number of amides is 2. The van der Waals surface area contributed by atoms with Crippen molar-refractivity contribution in [2.24, 2.45) is 5.92 Å². The second-order valence-corrected chi connectivity index (χ2v) is 8.49. The van der Waals surface area contributed by atoms with Crippen LogP contribution in [0.5, 0.6) is 5.75 Å². The Hall–Kier alpha value is -2.47. The number of anilines is 2. The lowest BCUT2D eigenvalue weighted by Crippen LogP contribution is -2.29. The van der Waals surface area contributed by atoms with Crippen LogP contribution in [0.3, 0.4) is 0 Å². The van der Waals surface area contributed by atoms with E-state index in [4.69, 9.17) is 4.74 Å². The summed E-state index contributed by atoms with van der Waals surface area (Å²) in [6, 6.07) is 15.3. The number of carbonyl (C=O) groups is 2. The number of para-hydroxylation sites is 3. The van der Waals surface area contributed by atoms with Gasteiger partial charge in [-0.1, -0.05) is 57.0 Å². The summed E-state index contributed by atoms with van der Waals surface area (Å²) in [4.78, 5) is 27.5. The van der Waals surface area contributed by atoms with Gasteiger partial charge in [0.1, 0.15) is 11.1 Å². The highest BCUT2D eigenvalue weighted by Crippen LogP contribution is 2.46. The number of thioether (sulfide) groups is 1. The van der Waals surface area contributed by atoms with Gasteiger partial charge in [-0.25, -0.2) is 0 Å². The molecule has 1 aliphatic rings. The van der Waals surface area contributed by atoms with Crippen LogP contribution in [-0.2, 0) is 9.59 Å². The average Bonchev–Trinajstić information content (AvgIpc) is 3.15. The second kappa shape index (κ2) is 10.5. The van der Waals surface area contributed by atoms with Gasteiger partial charge in [0, 0.05) is 17.2 Å². The van der Waals surface area contributed by atoms with Crippen LogP contribution in [0.1, 0.15) is 50.5 Å². The minimum Gasteiger partial charge on any atom is -0.495 e. The molecule has 0 aromatic heterocycles. The fraction of sp³-hybridized carbons (Fsp3) is 0.417. The number of hydrogen-bond acceptors (Lipinski definition) is 4. The molecule has 6 heteroatoms. The van der Waals surface area contributed by atoms with Crippen LogP contribution in [0.25, 0.3) is 0 Å². The molecule has 0 aliphatic carbocycles. The number of ether oxygens (including phenoxy) is 1. The van der Waals surface area contributed by atoms with E-state index in [0.29, 0.717) is 11.5 Å². The van der Waals surface area contributed by atoms with Gasteiger partial charge in [-0.3, -0.25) is 14.5 Å². The zero-order valence-electron chi connectivity index (χ0n) is 17.9. The van der Waals surface area contributed by atoms with Crippen molar-refractivity contribution < 1.29 is 14.3 Å². The highest BCUT2D eigenvalue weighted by molar-refractivity contribution is 8.00. The first kappa shape index (κ1) is 22.2. The molecule has 0 spiro atoms. The van der Waals surface area contributed by atoms with Gasteiger partial charge in [-0.05, 0) is 31.0 Å². The highest BCUT2D eigenvalue weighted by atomic mass is 32.2. The molecule has 1 N–H and O–H groups in total. The Bertz CT molecular complexity index is 886. The lowest BCUT2D eigenvalue weighted by atomic mass is 9.98. The molecule has 2 atom stereocenters. The summed E-state index contributed by atoms with van der Waals surface area (Å²) in [5, 5.41) is 2.92. The van der Waals surface area contributed by atoms with Gasteiger partial charge < -0.3 is 10.1 Å². The Morgan fingerprint density at radius 2 is 1.93 bits per heavy atom. The predicted molar refractivity (Wildman–Crippen MR) is 124 cm³/mol. The average molecular weight is 427 g/mol. The molecule has 160 valence electrons. The molecule has 3 rings (SSSR count). The molecule has 0 radical (unpaired) electrons. The predicted octanol–water partition coefficient (Wildman–Crippen LogP) is 5.63. The summed E-state index contributed by atoms with van der Waals surface area (Å²) in [5.41, 5.74) is 2.44. The molecule has 5 nitrogen and oxygen atoms in total. The van der Waals surface area contributed by atoms with Gasteiger partial charge in [-0.2, -0.15) is 0 Å². The van der Waals surface area contributed by atoms with Gasteiger partial charge in [0.2, 0.25) is 11.8 Å². The zero-order valence-corrected chi connectivity index (χ0v) is 18.7. The minimum atomic E-state index is -0.221. The number of methoxy groups -OCH3 is 1. The SMILES string of the molecule is CCCC[C@@H](CC)C(=O)Nc1ccccc1[C@H]1SCC(=O)N1c1ccccc1OC. The fourth-order valence-electron chi connectivity index (χ4n) is 3.78. The molecule has 2 aromatic carbocycles. The third kappa shape index (κ3) is 4.81. The van der Waals surface area contributed by atoms with Gasteiger partial charge in [0.05, 0.1) is 18.6 Å². The van der Waals surface area contributed by atoms with E-state index in [-0.39, 0.29) is 23.1 Å². The van der Waals surface area contributed by atoms with Crippen LogP contribution >= 0.6 is 11.8 Å². The summed E-state index contributed by atoms with van der Waals surface area (Å²) >= 11 is 1.56. The van der Waals surface area contributed by atoms with Gasteiger partial charge >= 0.3 is 0 Å². The minimum absolute atomic E-state index is 0.00110. The summed E-state index contributed by atoms with van der Waals surface area (Å²) in [6.45, 7) is 4.20. The van der Waals surface area contributed by atoms with E-state index in [2.05, 4.69) is 19.2 Å². The Morgan fingerprint density at radius 1 is 1.20 bits per heavy atom. The van der Waals surface area contributed by atoms with Crippen molar-refractivity contribution in [3.63, 3.8) is 0 Å². The lowest BCUT2D eigenvalue weighted by molar-refractivity contribution is -0.120. The highest BCUT2D eigenvalue weighted by Gasteiger charge is 2.37. The molecule has 1 aliphatic heterocycles. The molecule has 0 unspecified atom stereocenters. The lowest BCUT2D eigenvalue weighted by Gasteiger charge is -2.27. The smallest absolute Gasteiger partial charge is 0.238 e. The summed E-state index contributed by atoms with van der Waals surface area (Å²) in [6.07, 6.45) is 3.83. The molecule has 2 amide bonds. The fourth-order valence-corrected chi connectivity index (χ4v) is 4.98. The number of carbonyl (C=O) groups excluding carboxylic acids is 2. The van der Waals surface area contributed by atoms with E-state index >= 15 is 0 Å². The number of rotatable bonds is 9. The van der Waals surface area contributed by atoms with Crippen molar-refractivity contribution in [2.75, 3.05) is 23.1 Å². The van der Waals surface area contributed by atoms with E-state index < -0.39 is 0 Å². The van der Waals surface area contributed by atoms with Gasteiger partial charge in [0.15, 0.2) is 0 Å². The molecule has 0 bridgehead atoms. The summed E-state index contributed by atoms with van der Waals surface area (Å²) in [5.74, 6) is 1.13. The number of nitrogens with zero attached hydrogens (tertiary/aromatic N) is 1. The van der Waals surface area contributed by atoms with Crippen LogP contribution in [0.15, 0.2) is 48.5 Å².